The van der Waals surface area contributed by atoms with Gasteiger partial charge in [-0.05, 0) is 31.9 Å². The van der Waals surface area contributed by atoms with Gasteiger partial charge in [0.25, 0.3) is 5.91 Å². The maximum atomic E-state index is 12.5. The molecule has 3 heterocycles. The third-order valence-corrected chi connectivity index (χ3v) is 5.08. The number of nitrogens with zero attached hydrogens (tertiary/aromatic N) is 5. The first kappa shape index (κ1) is 18.9. The third kappa shape index (κ3) is 4.37. The van der Waals surface area contributed by atoms with Gasteiger partial charge in [0.05, 0.1) is 35.0 Å². The van der Waals surface area contributed by atoms with E-state index in [0.29, 0.717) is 18.7 Å². The van der Waals surface area contributed by atoms with Gasteiger partial charge in [0, 0.05) is 32.2 Å². The number of para-hydroxylation sites is 1. The molecule has 3 aromatic rings. The molecule has 1 aliphatic rings. The molecule has 1 aliphatic heterocycles. The molecule has 1 saturated heterocycles. The SMILES string of the molecule is Cc1c(C(=O)NCCNc2cc(N3CCCC3)cnn2)cnn1-c1ccccc1. The van der Waals surface area contributed by atoms with Gasteiger partial charge in [0.15, 0.2) is 5.82 Å². The van der Waals surface area contributed by atoms with Crippen LogP contribution in [0.5, 0.6) is 0 Å². The molecule has 150 valence electrons. The van der Waals surface area contributed by atoms with Crippen LogP contribution in [0.1, 0.15) is 28.9 Å². The minimum absolute atomic E-state index is 0.136. The van der Waals surface area contributed by atoms with Crippen LogP contribution in [0.4, 0.5) is 11.5 Å². The van der Waals surface area contributed by atoms with Gasteiger partial charge in [0.2, 0.25) is 0 Å². The molecule has 2 N–H and O–H groups in total. The second kappa shape index (κ2) is 8.72. The normalized spacial score (nSPS) is 13.5. The van der Waals surface area contributed by atoms with E-state index in [9.17, 15) is 4.79 Å². The smallest absolute Gasteiger partial charge is 0.254 e. The summed E-state index contributed by atoms with van der Waals surface area (Å²) in [5.74, 6) is 0.583. The van der Waals surface area contributed by atoms with E-state index in [1.807, 2.05) is 43.3 Å². The Bertz CT molecular complexity index is 964. The predicted molar refractivity (Wildman–Crippen MR) is 113 cm³/mol. The number of rotatable bonds is 7. The molecule has 0 radical (unpaired) electrons. The zero-order chi connectivity index (χ0) is 20.1. The molecule has 2 aromatic heterocycles. The molecule has 0 saturated carbocycles. The number of hydrogen-bond acceptors (Lipinski definition) is 6. The number of carbonyl (C=O) groups is 1. The summed E-state index contributed by atoms with van der Waals surface area (Å²) in [5.41, 5.74) is 3.41. The van der Waals surface area contributed by atoms with Crippen LogP contribution in [-0.2, 0) is 0 Å². The second-order valence-corrected chi connectivity index (χ2v) is 7.07. The fourth-order valence-electron chi connectivity index (χ4n) is 3.51. The first-order valence-electron chi connectivity index (χ1n) is 9.92. The first-order valence-corrected chi connectivity index (χ1v) is 9.92. The van der Waals surface area contributed by atoms with Gasteiger partial charge >= 0.3 is 0 Å². The van der Waals surface area contributed by atoms with Crippen molar-refractivity contribution in [2.45, 2.75) is 19.8 Å². The van der Waals surface area contributed by atoms with Gasteiger partial charge in [-0.1, -0.05) is 18.2 Å². The predicted octanol–water partition coefficient (Wildman–Crippen LogP) is 2.41. The Balaban J connectivity index is 1.30. The first-order chi connectivity index (χ1) is 14.2. The number of benzene rings is 1. The topological polar surface area (TPSA) is 88.0 Å². The lowest BCUT2D eigenvalue weighted by Crippen LogP contribution is -2.29. The van der Waals surface area contributed by atoms with Crippen molar-refractivity contribution in [2.75, 3.05) is 36.4 Å². The molecule has 29 heavy (non-hydrogen) atoms. The van der Waals surface area contributed by atoms with E-state index in [2.05, 4.69) is 30.8 Å². The molecule has 0 bridgehead atoms. The van der Waals surface area contributed by atoms with Crippen molar-refractivity contribution in [3.05, 3.63) is 60.0 Å². The summed E-state index contributed by atoms with van der Waals surface area (Å²) in [6.45, 7) is 5.07. The molecule has 0 atom stereocenters. The van der Waals surface area contributed by atoms with Crippen molar-refractivity contribution in [3.63, 3.8) is 0 Å². The minimum Gasteiger partial charge on any atom is -0.370 e. The van der Waals surface area contributed by atoms with Gasteiger partial charge in [-0.15, -0.1) is 5.10 Å². The summed E-state index contributed by atoms with van der Waals surface area (Å²) >= 11 is 0. The molecule has 1 amide bonds. The quantitative estimate of drug-likeness (QED) is 0.602. The summed E-state index contributed by atoms with van der Waals surface area (Å²) in [6, 6.07) is 11.8. The molecule has 8 heteroatoms. The summed E-state index contributed by atoms with van der Waals surface area (Å²) in [6.07, 6.45) is 5.84. The van der Waals surface area contributed by atoms with Gasteiger partial charge in [-0.25, -0.2) is 4.68 Å². The van der Waals surface area contributed by atoms with Crippen molar-refractivity contribution < 1.29 is 4.79 Å². The second-order valence-electron chi connectivity index (χ2n) is 7.07. The van der Waals surface area contributed by atoms with Gasteiger partial charge in [-0.2, -0.15) is 10.2 Å². The lowest BCUT2D eigenvalue weighted by Gasteiger charge is -2.17. The average Bonchev–Trinajstić information content (AvgIpc) is 3.42. The Morgan fingerprint density at radius 2 is 1.86 bits per heavy atom. The van der Waals surface area contributed by atoms with Gasteiger partial charge in [0.1, 0.15) is 0 Å². The Morgan fingerprint density at radius 3 is 2.66 bits per heavy atom. The monoisotopic (exact) mass is 391 g/mol. The maximum Gasteiger partial charge on any atom is 0.254 e. The maximum absolute atomic E-state index is 12.5. The molecule has 0 aliphatic carbocycles. The van der Waals surface area contributed by atoms with E-state index in [4.69, 9.17) is 0 Å². The Labute approximate surface area is 169 Å². The fraction of sp³-hybridized carbons (Fsp3) is 0.333. The molecule has 8 nitrogen and oxygen atoms in total. The lowest BCUT2D eigenvalue weighted by molar-refractivity contribution is 0.0954. The summed E-state index contributed by atoms with van der Waals surface area (Å²) in [4.78, 5) is 14.8. The highest BCUT2D eigenvalue weighted by molar-refractivity contribution is 5.95. The Morgan fingerprint density at radius 1 is 1.07 bits per heavy atom. The summed E-state index contributed by atoms with van der Waals surface area (Å²) in [5, 5.41) is 18.7. The average molecular weight is 391 g/mol. The molecule has 1 aromatic carbocycles. The van der Waals surface area contributed by atoms with E-state index >= 15 is 0 Å². The van der Waals surface area contributed by atoms with E-state index in [1.54, 1.807) is 17.1 Å². The number of nitrogens with one attached hydrogen (secondary N) is 2. The number of anilines is 2. The van der Waals surface area contributed by atoms with Gasteiger partial charge in [-0.3, -0.25) is 4.79 Å². The molecular weight excluding hydrogens is 366 g/mol. The number of hydrogen-bond donors (Lipinski definition) is 2. The van der Waals surface area contributed by atoms with E-state index in [0.717, 1.165) is 36.0 Å². The largest absolute Gasteiger partial charge is 0.370 e. The molecule has 1 fully saturated rings. The zero-order valence-electron chi connectivity index (χ0n) is 16.5. The summed E-state index contributed by atoms with van der Waals surface area (Å²) in [7, 11) is 0. The fourth-order valence-corrected chi connectivity index (χ4v) is 3.51. The summed E-state index contributed by atoms with van der Waals surface area (Å²) < 4.78 is 1.77. The molecule has 0 spiro atoms. The standard InChI is InChI=1S/C21H25N7O/c1-16-19(15-25-28(16)17-7-3-2-4-8-17)21(29)23-10-9-22-20-13-18(14-24-26-20)27-11-5-6-12-27/h2-4,7-8,13-15H,5-6,9-12H2,1H3,(H,22,26)(H,23,29). The van der Waals surface area contributed by atoms with Crippen LogP contribution < -0.4 is 15.5 Å². The van der Waals surface area contributed by atoms with E-state index in [1.165, 1.54) is 12.8 Å². The van der Waals surface area contributed by atoms with Crippen molar-refractivity contribution in [1.82, 2.24) is 25.3 Å². The van der Waals surface area contributed by atoms with Crippen LogP contribution in [0.15, 0.2) is 48.8 Å². The van der Waals surface area contributed by atoms with Crippen molar-refractivity contribution in [3.8, 4) is 5.69 Å². The van der Waals surface area contributed by atoms with Crippen molar-refractivity contribution in [2.24, 2.45) is 0 Å². The number of amides is 1. The number of aromatic nitrogens is 4. The van der Waals surface area contributed by atoms with Crippen LogP contribution in [0.3, 0.4) is 0 Å². The van der Waals surface area contributed by atoms with Crippen molar-refractivity contribution in [1.29, 1.82) is 0 Å². The van der Waals surface area contributed by atoms with E-state index in [-0.39, 0.29) is 5.91 Å². The highest BCUT2D eigenvalue weighted by Gasteiger charge is 2.15. The van der Waals surface area contributed by atoms with Crippen LogP contribution in [-0.4, -0.2) is 52.1 Å². The number of carbonyl (C=O) groups excluding carboxylic acids is 1. The molecule has 0 unspecified atom stereocenters. The zero-order valence-corrected chi connectivity index (χ0v) is 16.5. The Hall–Kier alpha value is -3.42. The van der Waals surface area contributed by atoms with Crippen LogP contribution in [0.2, 0.25) is 0 Å². The van der Waals surface area contributed by atoms with Crippen LogP contribution in [0, 0.1) is 6.92 Å². The highest BCUT2D eigenvalue weighted by atomic mass is 16.1. The molecule has 4 rings (SSSR count). The van der Waals surface area contributed by atoms with Crippen LogP contribution in [0.25, 0.3) is 5.69 Å². The Kier molecular flexibility index (Phi) is 5.69. The lowest BCUT2D eigenvalue weighted by atomic mass is 10.2. The third-order valence-electron chi connectivity index (χ3n) is 5.08. The van der Waals surface area contributed by atoms with Crippen molar-refractivity contribution >= 4 is 17.4 Å². The van der Waals surface area contributed by atoms with Gasteiger partial charge < -0.3 is 15.5 Å². The highest BCUT2D eigenvalue weighted by Crippen LogP contribution is 2.20. The van der Waals surface area contributed by atoms with E-state index < -0.39 is 0 Å². The van der Waals surface area contributed by atoms with Crippen LogP contribution >= 0.6 is 0 Å². The molecular formula is C21H25N7O. The minimum atomic E-state index is -0.136.